The van der Waals surface area contributed by atoms with Crippen molar-refractivity contribution in [2.24, 2.45) is 0 Å². The SMILES string of the molecule is O=C(O)c1ccc(Sc2ncc(Br)cc2F)o1. The van der Waals surface area contributed by atoms with Gasteiger partial charge in [-0.3, -0.25) is 0 Å². The molecule has 1 N–H and O–H groups in total. The number of carboxylic acid groups (broad SMARTS) is 1. The van der Waals surface area contributed by atoms with E-state index in [9.17, 15) is 9.18 Å². The van der Waals surface area contributed by atoms with Crippen molar-refractivity contribution in [2.45, 2.75) is 10.1 Å². The van der Waals surface area contributed by atoms with Gasteiger partial charge in [0.15, 0.2) is 10.9 Å². The van der Waals surface area contributed by atoms with Crippen LogP contribution < -0.4 is 0 Å². The van der Waals surface area contributed by atoms with Crippen molar-refractivity contribution in [1.82, 2.24) is 4.98 Å². The van der Waals surface area contributed by atoms with E-state index in [1.807, 2.05) is 0 Å². The fourth-order valence-corrected chi connectivity index (χ4v) is 2.09. The molecule has 0 spiro atoms. The molecular formula is C10H5BrFNO3S. The molecule has 4 nitrogen and oxygen atoms in total. The van der Waals surface area contributed by atoms with Crippen LogP contribution in [0.15, 0.2) is 43.4 Å². The molecule has 0 saturated heterocycles. The average molecular weight is 318 g/mol. The first kappa shape index (κ1) is 12.1. The molecule has 2 rings (SSSR count). The Labute approximate surface area is 108 Å². The van der Waals surface area contributed by atoms with Crippen LogP contribution in [0.25, 0.3) is 0 Å². The van der Waals surface area contributed by atoms with E-state index in [0.29, 0.717) is 4.47 Å². The summed E-state index contributed by atoms with van der Waals surface area (Å²) in [6.07, 6.45) is 1.45. The van der Waals surface area contributed by atoms with Gasteiger partial charge >= 0.3 is 5.97 Å². The number of halogens is 2. The largest absolute Gasteiger partial charge is 0.475 e. The van der Waals surface area contributed by atoms with Crippen LogP contribution in [0.2, 0.25) is 0 Å². The zero-order valence-electron chi connectivity index (χ0n) is 8.18. The van der Waals surface area contributed by atoms with Gasteiger partial charge in [0, 0.05) is 10.7 Å². The second-order valence-electron chi connectivity index (χ2n) is 2.97. The number of aromatic carboxylic acids is 1. The second-order valence-corrected chi connectivity index (χ2v) is 4.88. The lowest BCUT2D eigenvalue weighted by molar-refractivity contribution is 0.0656. The van der Waals surface area contributed by atoms with Gasteiger partial charge in [-0.1, -0.05) is 0 Å². The lowest BCUT2D eigenvalue weighted by Crippen LogP contribution is -1.91. The lowest BCUT2D eigenvalue weighted by Gasteiger charge is -1.99. The number of hydrogen-bond donors (Lipinski definition) is 1. The van der Waals surface area contributed by atoms with Crippen LogP contribution in [0, 0.1) is 5.82 Å². The third-order valence-electron chi connectivity index (χ3n) is 1.76. The van der Waals surface area contributed by atoms with Crippen molar-refractivity contribution in [2.75, 3.05) is 0 Å². The highest BCUT2D eigenvalue weighted by atomic mass is 79.9. The van der Waals surface area contributed by atoms with Crippen LogP contribution in [0.5, 0.6) is 0 Å². The molecule has 0 radical (unpaired) electrons. The zero-order valence-corrected chi connectivity index (χ0v) is 10.6. The summed E-state index contributed by atoms with van der Waals surface area (Å²) in [5.74, 6) is -1.86. The van der Waals surface area contributed by atoms with Crippen LogP contribution in [-0.2, 0) is 0 Å². The Hall–Kier alpha value is -1.34. The van der Waals surface area contributed by atoms with Gasteiger partial charge in [-0.25, -0.2) is 14.2 Å². The van der Waals surface area contributed by atoms with Crippen LogP contribution in [0.4, 0.5) is 4.39 Å². The van der Waals surface area contributed by atoms with E-state index in [4.69, 9.17) is 9.52 Å². The lowest BCUT2D eigenvalue weighted by atomic mass is 10.5. The summed E-state index contributed by atoms with van der Waals surface area (Å²) in [5, 5.41) is 9.06. The van der Waals surface area contributed by atoms with Gasteiger partial charge in [0.2, 0.25) is 5.76 Å². The maximum absolute atomic E-state index is 13.4. The molecule has 2 aromatic rings. The second kappa shape index (κ2) is 4.89. The highest BCUT2D eigenvalue weighted by Crippen LogP contribution is 2.30. The Morgan fingerprint density at radius 2 is 2.29 bits per heavy atom. The third-order valence-corrected chi connectivity index (χ3v) is 3.11. The predicted molar refractivity (Wildman–Crippen MR) is 61.7 cm³/mol. The first-order chi connectivity index (χ1) is 8.06. The summed E-state index contributed by atoms with van der Waals surface area (Å²) in [5.41, 5.74) is 0. The number of aromatic nitrogens is 1. The minimum atomic E-state index is -1.17. The van der Waals surface area contributed by atoms with E-state index in [0.717, 1.165) is 11.8 Å². The van der Waals surface area contributed by atoms with Crippen molar-refractivity contribution in [3.05, 3.63) is 40.4 Å². The van der Waals surface area contributed by atoms with Gasteiger partial charge in [0.05, 0.1) is 0 Å². The van der Waals surface area contributed by atoms with Crippen molar-refractivity contribution in [3.8, 4) is 0 Å². The first-order valence-electron chi connectivity index (χ1n) is 4.38. The third kappa shape index (κ3) is 2.86. The van der Waals surface area contributed by atoms with E-state index in [-0.39, 0.29) is 15.9 Å². The molecule has 2 heterocycles. The molecule has 0 aliphatic heterocycles. The van der Waals surface area contributed by atoms with Gasteiger partial charge in [-0.15, -0.1) is 0 Å². The minimum Gasteiger partial charge on any atom is -0.475 e. The van der Waals surface area contributed by atoms with Crippen LogP contribution in [0.1, 0.15) is 10.6 Å². The predicted octanol–water partition coefficient (Wildman–Crippen LogP) is 3.43. The molecule has 0 aromatic carbocycles. The molecule has 0 aliphatic carbocycles. The maximum Gasteiger partial charge on any atom is 0.371 e. The summed E-state index contributed by atoms with van der Waals surface area (Å²) in [4.78, 5) is 14.4. The normalized spacial score (nSPS) is 10.5. The average Bonchev–Trinajstić information content (AvgIpc) is 2.71. The summed E-state index contributed by atoms with van der Waals surface area (Å²) < 4.78 is 18.9. The quantitative estimate of drug-likeness (QED) is 0.939. The van der Waals surface area contributed by atoms with E-state index in [1.54, 1.807) is 0 Å². The summed E-state index contributed by atoms with van der Waals surface area (Å²) in [6, 6.07) is 4.04. The molecule has 0 amide bonds. The number of carbonyl (C=O) groups is 1. The fraction of sp³-hybridized carbons (Fsp3) is 0. The standard InChI is InChI=1S/C10H5BrFNO3S/c11-5-3-6(12)9(13-4-5)17-8-2-1-7(16-8)10(14)15/h1-4H,(H,14,15). The van der Waals surface area contributed by atoms with E-state index < -0.39 is 11.8 Å². The Morgan fingerprint density at radius 1 is 1.53 bits per heavy atom. The Balaban J connectivity index is 2.22. The number of carboxylic acids is 1. The van der Waals surface area contributed by atoms with E-state index in [1.165, 1.54) is 24.4 Å². The van der Waals surface area contributed by atoms with E-state index >= 15 is 0 Å². The van der Waals surface area contributed by atoms with Crippen molar-refractivity contribution in [3.63, 3.8) is 0 Å². The van der Waals surface area contributed by atoms with Crippen molar-refractivity contribution >= 4 is 33.7 Å². The Morgan fingerprint density at radius 3 is 2.88 bits per heavy atom. The molecule has 17 heavy (non-hydrogen) atoms. The minimum absolute atomic E-state index is 0.125. The topological polar surface area (TPSA) is 63.3 Å². The van der Waals surface area contributed by atoms with E-state index in [2.05, 4.69) is 20.9 Å². The zero-order chi connectivity index (χ0) is 12.4. The van der Waals surface area contributed by atoms with Gasteiger partial charge < -0.3 is 9.52 Å². The molecule has 0 aliphatic rings. The van der Waals surface area contributed by atoms with Crippen molar-refractivity contribution in [1.29, 1.82) is 0 Å². The molecule has 0 fully saturated rings. The summed E-state index contributed by atoms with van der Waals surface area (Å²) in [6.45, 7) is 0. The molecule has 0 unspecified atom stereocenters. The van der Waals surface area contributed by atoms with Gasteiger partial charge in [-0.2, -0.15) is 0 Å². The monoisotopic (exact) mass is 317 g/mol. The number of furan rings is 1. The number of hydrogen-bond acceptors (Lipinski definition) is 4. The summed E-state index contributed by atoms with van der Waals surface area (Å²) >= 11 is 4.02. The molecule has 0 saturated carbocycles. The Bertz CT molecular complexity index is 572. The molecule has 0 atom stereocenters. The number of rotatable bonds is 3. The maximum atomic E-state index is 13.4. The highest BCUT2D eigenvalue weighted by molar-refractivity contribution is 9.10. The molecule has 0 bridgehead atoms. The van der Waals surface area contributed by atoms with Crippen LogP contribution in [0.3, 0.4) is 0 Å². The summed E-state index contributed by atoms with van der Waals surface area (Å²) in [7, 11) is 0. The smallest absolute Gasteiger partial charge is 0.371 e. The van der Waals surface area contributed by atoms with Crippen molar-refractivity contribution < 1.29 is 18.7 Å². The molecule has 7 heteroatoms. The number of pyridine rings is 1. The molecule has 88 valence electrons. The molecule has 2 aromatic heterocycles. The van der Waals surface area contributed by atoms with Crippen LogP contribution >= 0.6 is 27.7 Å². The first-order valence-corrected chi connectivity index (χ1v) is 5.99. The van der Waals surface area contributed by atoms with Gasteiger partial charge in [0.1, 0.15) is 5.03 Å². The van der Waals surface area contributed by atoms with Gasteiger partial charge in [-0.05, 0) is 45.9 Å². The fourth-order valence-electron chi connectivity index (χ4n) is 1.06. The highest BCUT2D eigenvalue weighted by Gasteiger charge is 2.12. The number of nitrogens with zero attached hydrogens (tertiary/aromatic N) is 1. The van der Waals surface area contributed by atoms with Crippen LogP contribution in [-0.4, -0.2) is 16.1 Å². The van der Waals surface area contributed by atoms with Gasteiger partial charge in [0.25, 0.3) is 0 Å². The Kier molecular flexibility index (Phi) is 3.49. The molecular weight excluding hydrogens is 313 g/mol.